The van der Waals surface area contributed by atoms with Gasteiger partial charge < -0.3 is 14.8 Å². The number of hydrogen-bond donors (Lipinski definition) is 1. The Hall–Kier alpha value is -1.62. The molecule has 1 saturated carbocycles. The molecule has 1 aromatic rings. The predicted octanol–water partition coefficient (Wildman–Crippen LogP) is 2.35. The van der Waals surface area contributed by atoms with Crippen molar-refractivity contribution in [3.05, 3.63) is 18.3 Å². The van der Waals surface area contributed by atoms with Crippen LogP contribution in [0.5, 0.6) is 11.6 Å². The van der Waals surface area contributed by atoms with Crippen molar-refractivity contribution in [3.63, 3.8) is 0 Å². The fourth-order valence-corrected chi connectivity index (χ4v) is 2.23. The minimum Gasteiger partial charge on any atom is -0.484 e. The number of nitrogens with zero attached hydrogens (tertiary/aromatic N) is 1. The molecule has 1 N–H and O–H groups in total. The van der Waals surface area contributed by atoms with Crippen LogP contribution in [0.25, 0.3) is 0 Å². The standard InChI is InChI=1S/C16H24N2O3/c1-4-13(19)10-20-14-5-6-16(17-9-14)21-15-7-12(8-15)18-11(2)3/h5-6,9,11-12,15,18H,4,7-8,10H2,1-3H3. The molecule has 21 heavy (non-hydrogen) atoms. The molecule has 1 aromatic heterocycles. The second kappa shape index (κ2) is 7.41. The van der Waals surface area contributed by atoms with E-state index in [1.807, 2.05) is 6.92 Å². The van der Waals surface area contributed by atoms with E-state index in [4.69, 9.17) is 9.47 Å². The first-order valence-corrected chi connectivity index (χ1v) is 7.60. The topological polar surface area (TPSA) is 60.5 Å². The van der Waals surface area contributed by atoms with Crippen LogP contribution in [-0.4, -0.2) is 35.6 Å². The molecule has 0 spiro atoms. The number of hydrogen-bond acceptors (Lipinski definition) is 5. The van der Waals surface area contributed by atoms with Gasteiger partial charge in [-0.1, -0.05) is 20.8 Å². The van der Waals surface area contributed by atoms with Crippen molar-refractivity contribution in [2.45, 2.75) is 58.2 Å². The number of ether oxygens (including phenoxy) is 2. The Morgan fingerprint density at radius 3 is 2.76 bits per heavy atom. The summed E-state index contributed by atoms with van der Waals surface area (Å²) in [6.07, 6.45) is 4.36. The highest BCUT2D eigenvalue weighted by Gasteiger charge is 2.31. The highest BCUT2D eigenvalue weighted by atomic mass is 16.5. The first-order chi connectivity index (χ1) is 10.1. The van der Waals surface area contributed by atoms with Crippen molar-refractivity contribution in [1.29, 1.82) is 0 Å². The first kappa shape index (κ1) is 15.8. The summed E-state index contributed by atoms with van der Waals surface area (Å²) >= 11 is 0. The van der Waals surface area contributed by atoms with Crippen LogP contribution in [0, 0.1) is 0 Å². The lowest BCUT2D eigenvalue weighted by Gasteiger charge is -2.36. The van der Waals surface area contributed by atoms with E-state index in [-0.39, 0.29) is 18.5 Å². The Morgan fingerprint density at radius 2 is 2.19 bits per heavy atom. The van der Waals surface area contributed by atoms with Crippen LogP contribution < -0.4 is 14.8 Å². The minimum atomic E-state index is 0.0773. The molecule has 5 heteroatoms. The van der Waals surface area contributed by atoms with E-state index >= 15 is 0 Å². The Labute approximate surface area is 126 Å². The Morgan fingerprint density at radius 1 is 1.43 bits per heavy atom. The number of carbonyl (C=O) groups is 1. The van der Waals surface area contributed by atoms with Gasteiger partial charge in [-0.2, -0.15) is 0 Å². The van der Waals surface area contributed by atoms with Crippen molar-refractivity contribution in [2.24, 2.45) is 0 Å². The zero-order valence-corrected chi connectivity index (χ0v) is 13.0. The highest BCUT2D eigenvalue weighted by molar-refractivity contribution is 5.79. The van der Waals surface area contributed by atoms with Crippen LogP contribution in [0.4, 0.5) is 0 Å². The average Bonchev–Trinajstić information content (AvgIpc) is 2.43. The van der Waals surface area contributed by atoms with Gasteiger partial charge in [0, 0.05) is 24.6 Å². The maximum atomic E-state index is 11.2. The second-order valence-corrected chi connectivity index (χ2v) is 5.74. The van der Waals surface area contributed by atoms with Gasteiger partial charge in [-0.15, -0.1) is 0 Å². The van der Waals surface area contributed by atoms with Gasteiger partial charge in [-0.3, -0.25) is 4.79 Å². The van der Waals surface area contributed by atoms with Crippen molar-refractivity contribution in [2.75, 3.05) is 6.61 Å². The van der Waals surface area contributed by atoms with Crippen molar-refractivity contribution in [3.8, 4) is 11.6 Å². The lowest BCUT2D eigenvalue weighted by molar-refractivity contribution is -0.120. The molecule has 0 bridgehead atoms. The number of aromatic nitrogens is 1. The van der Waals surface area contributed by atoms with Gasteiger partial charge in [0.1, 0.15) is 18.5 Å². The summed E-state index contributed by atoms with van der Waals surface area (Å²) in [7, 11) is 0. The smallest absolute Gasteiger partial charge is 0.213 e. The predicted molar refractivity (Wildman–Crippen MR) is 80.7 cm³/mol. The summed E-state index contributed by atoms with van der Waals surface area (Å²) in [5.41, 5.74) is 0. The van der Waals surface area contributed by atoms with Crippen LogP contribution in [0.3, 0.4) is 0 Å². The molecular formula is C16H24N2O3. The van der Waals surface area contributed by atoms with Crippen LogP contribution >= 0.6 is 0 Å². The Bertz CT molecular complexity index is 453. The molecule has 0 saturated heterocycles. The molecule has 0 radical (unpaired) electrons. The van der Waals surface area contributed by atoms with Gasteiger partial charge in [0.2, 0.25) is 5.88 Å². The molecule has 116 valence electrons. The highest BCUT2D eigenvalue weighted by Crippen LogP contribution is 2.26. The summed E-state index contributed by atoms with van der Waals surface area (Å²) in [6.45, 7) is 6.22. The lowest BCUT2D eigenvalue weighted by atomic mass is 9.89. The van der Waals surface area contributed by atoms with E-state index in [1.54, 1.807) is 18.3 Å². The largest absolute Gasteiger partial charge is 0.484 e. The molecule has 1 fully saturated rings. The Kier molecular flexibility index (Phi) is 5.56. The zero-order chi connectivity index (χ0) is 15.2. The molecule has 2 rings (SSSR count). The minimum absolute atomic E-state index is 0.0773. The normalized spacial score (nSPS) is 21.0. The summed E-state index contributed by atoms with van der Waals surface area (Å²) < 4.78 is 11.1. The number of pyridine rings is 1. The number of nitrogens with one attached hydrogen (secondary N) is 1. The van der Waals surface area contributed by atoms with Crippen molar-refractivity contribution in [1.82, 2.24) is 10.3 Å². The lowest BCUT2D eigenvalue weighted by Crippen LogP contribution is -2.49. The van der Waals surface area contributed by atoms with Crippen molar-refractivity contribution < 1.29 is 14.3 Å². The molecule has 1 aliphatic carbocycles. The number of Topliss-reactive ketones (excluding diaryl/α,β-unsaturated/α-hetero) is 1. The average molecular weight is 292 g/mol. The summed E-state index contributed by atoms with van der Waals surface area (Å²) in [5, 5.41) is 3.48. The van der Waals surface area contributed by atoms with E-state index in [2.05, 4.69) is 24.1 Å². The van der Waals surface area contributed by atoms with E-state index in [0.29, 0.717) is 30.1 Å². The molecule has 0 atom stereocenters. The molecule has 0 aromatic carbocycles. The third-order valence-electron chi connectivity index (χ3n) is 3.45. The SMILES string of the molecule is CCC(=O)COc1ccc(OC2CC(NC(C)C)C2)nc1. The summed E-state index contributed by atoms with van der Waals surface area (Å²) in [6, 6.07) is 4.64. The quantitative estimate of drug-likeness (QED) is 0.797. The van der Waals surface area contributed by atoms with Crippen molar-refractivity contribution >= 4 is 5.78 Å². The van der Waals surface area contributed by atoms with Crippen LogP contribution in [0.15, 0.2) is 18.3 Å². The van der Waals surface area contributed by atoms with Gasteiger partial charge in [-0.25, -0.2) is 4.98 Å². The van der Waals surface area contributed by atoms with Crippen LogP contribution in [0.2, 0.25) is 0 Å². The number of rotatable bonds is 8. The maximum absolute atomic E-state index is 11.2. The summed E-state index contributed by atoms with van der Waals surface area (Å²) in [5.74, 6) is 1.28. The molecule has 5 nitrogen and oxygen atoms in total. The van der Waals surface area contributed by atoms with E-state index in [0.717, 1.165) is 12.8 Å². The third-order valence-corrected chi connectivity index (χ3v) is 3.45. The Balaban J connectivity index is 1.72. The fourth-order valence-electron chi connectivity index (χ4n) is 2.23. The molecule has 0 aliphatic heterocycles. The van der Waals surface area contributed by atoms with E-state index in [9.17, 15) is 4.79 Å². The van der Waals surface area contributed by atoms with E-state index in [1.165, 1.54) is 0 Å². The van der Waals surface area contributed by atoms with Gasteiger partial charge in [0.15, 0.2) is 5.78 Å². The molecule has 0 amide bonds. The monoisotopic (exact) mass is 292 g/mol. The number of carbonyl (C=O) groups excluding carboxylic acids is 1. The second-order valence-electron chi connectivity index (χ2n) is 5.74. The first-order valence-electron chi connectivity index (χ1n) is 7.60. The fraction of sp³-hybridized carbons (Fsp3) is 0.625. The van der Waals surface area contributed by atoms with Crippen LogP contribution in [-0.2, 0) is 4.79 Å². The van der Waals surface area contributed by atoms with Gasteiger partial charge in [-0.05, 0) is 18.9 Å². The molecule has 1 aliphatic rings. The number of ketones is 1. The van der Waals surface area contributed by atoms with Gasteiger partial charge in [0.05, 0.1) is 6.20 Å². The van der Waals surface area contributed by atoms with Gasteiger partial charge >= 0.3 is 0 Å². The van der Waals surface area contributed by atoms with E-state index < -0.39 is 0 Å². The maximum Gasteiger partial charge on any atom is 0.213 e. The van der Waals surface area contributed by atoms with Gasteiger partial charge in [0.25, 0.3) is 0 Å². The third kappa shape index (κ3) is 5.01. The van der Waals surface area contributed by atoms with Crippen LogP contribution in [0.1, 0.15) is 40.0 Å². The molecule has 0 unspecified atom stereocenters. The molecule has 1 heterocycles. The summed E-state index contributed by atoms with van der Waals surface area (Å²) in [4.78, 5) is 15.4. The molecular weight excluding hydrogens is 268 g/mol. The zero-order valence-electron chi connectivity index (χ0n) is 13.0.